The van der Waals surface area contributed by atoms with Gasteiger partial charge < -0.3 is 4.90 Å². The number of anilines is 1. The molecule has 1 aliphatic heterocycles. The fourth-order valence-electron chi connectivity index (χ4n) is 3.07. The van der Waals surface area contributed by atoms with Crippen molar-refractivity contribution in [1.29, 1.82) is 0 Å². The van der Waals surface area contributed by atoms with E-state index >= 15 is 0 Å². The van der Waals surface area contributed by atoms with Crippen LogP contribution in [0.15, 0.2) is 48.5 Å². The van der Waals surface area contributed by atoms with Crippen molar-refractivity contribution in [2.24, 2.45) is 5.92 Å². The van der Waals surface area contributed by atoms with Crippen LogP contribution in [0.2, 0.25) is 0 Å². The highest BCUT2D eigenvalue weighted by atomic mass is 16.2. The van der Waals surface area contributed by atoms with Crippen molar-refractivity contribution in [2.75, 3.05) is 11.4 Å². The lowest BCUT2D eigenvalue weighted by Gasteiger charge is -2.17. The van der Waals surface area contributed by atoms with Gasteiger partial charge in [-0.1, -0.05) is 36.8 Å². The van der Waals surface area contributed by atoms with Gasteiger partial charge in [-0.25, -0.2) is 0 Å². The number of amides is 3. The minimum Gasteiger partial charge on any atom is -0.312 e. The van der Waals surface area contributed by atoms with Gasteiger partial charge in [0.2, 0.25) is 11.8 Å². The summed E-state index contributed by atoms with van der Waals surface area (Å²) in [6, 6.07) is 14.8. The summed E-state index contributed by atoms with van der Waals surface area (Å²) in [5.41, 5.74) is 8.30. The number of benzene rings is 2. The second-order valence-electron chi connectivity index (χ2n) is 6.74. The van der Waals surface area contributed by atoms with Crippen LogP contribution in [0.1, 0.15) is 34.8 Å². The molecule has 2 aromatic carbocycles. The second kappa shape index (κ2) is 8.03. The molecule has 1 heterocycles. The van der Waals surface area contributed by atoms with E-state index < -0.39 is 5.92 Å². The molecule has 0 saturated carbocycles. The molecular weight excluding hydrogens is 342 g/mol. The minimum absolute atomic E-state index is 0.0896. The molecule has 1 fully saturated rings. The molecule has 1 aliphatic rings. The van der Waals surface area contributed by atoms with Gasteiger partial charge in [0.15, 0.2) is 0 Å². The van der Waals surface area contributed by atoms with Crippen LogP contribution in [0, 0.1) is 12.8 Å². The van der Waals surface area contributed by atoms with E-state index in [1.807, 2.05) is 43.3 Å². The molecule has 0 aromatic heterocycles. The molecule has 0 spiro atoms. The highest BCUT2D eigenvalue weighted by molar-refractivity contribution is 6.01. The van der Waals surface area contributed by atoms with Crippen molar-refractivity contribution in [2.45, 2.75) is 26.7 Å². The maximum absolute atomic E-state index is 12.4. The molecule has 0 unspecified atom stereocenters. The van der Waals surface area contributed by atoms with E-state index in [1.54, 1.807) is 17.0 Å². The zero-order chi connectivity index (χ0) is 19.4. The van der Waals surface area contributed by atoms with Gasteiger partial charge in [-0.05, 0) is 43.2 Å². The lowest BCUT2D eigenvalue weighted by Crippen LogP contribution is -2.45. The van der Waals surface area contributed by atoms with Crippen molar-refractivity contribution >= 4 is 23.4 Å². The SMILES string of the molecule is CCc1cccc(N2C[C@H](C(=O)NNC(=O)c3ccc(C)cc3)CC2=O)c1. The first-order valence-corrected chi connectivity index (χ1v) is 9.04. The van der Waals surface area contributed by atoms with Crippen LogP contribution in [0.4, 0.5) is 5.69 Å². The molecule has 140 valence electrons. The molecule has 0 bridgehead atoms. The summed E-state index contributed by atoms with van der Waals surface area (Å²) < 4.78 is 0. The van der Waals surface area contributed by atoms with Crippen molar-refractivity contribution in [3.8, 4) is 0 Å². The average molecular weight is 365 g/mol. The Balaban J connectivity index is 1.58. The molecule has 1 atom stereocenters. The Morgan fingerprint density at radius 3 is 2.56 bits per heavy atom. The van der Waals surface area contributed by atoms with E-state index in [4.69, 9.17) is 0 Å². The molecule has 1 saturated heterocycles. The van der Waals surface area contributed by atoms with Gasteiger partial charge in [-0.2, -0.15) is 0 Å². The second-order valence-corrected chi connectivity index (χ2v) is 6.74. The normalized spacial score (nSPS) is 16.3. The predicted octanol–water partition coefficient (Wildman–Crippen LogP) is 2.37. The topological polar surface area (TPSA) is 78.5 Å². The monoisotopic (exact) mass is 365 g/mol. The molecule has 2 N–H and O–H groups in total. The van der Waals surface area contributed by atoms with Gasteiger partial charge >= 0.3 is 0 Å². The van der Waals surface area contributed by atoms with E-state index in [0.29, 0.717) is 12.1 Å². The van der Waals surface area contributed by atoms with E-state index in [0.717, 1.165) is 23.2 Å². The number of carbonyl (C=O) groups excluding carboxylic acids is 3. The number of nitrogens with one attached hydrogen (secondary N) is 2. The highest BCUT2D eigenvalue weighted by Gasteiger charge is 2.35. The molecule has 0 aliphatic carbocycles. The van der Waals surface area contributed by atoms with Crippen molar-refractivity contribution in [1.82, 2.24) is 10.9 Å². The van der Waals surface area contributed by atoms with E-state index in [2.05, 4.69) is 17.8 Å². The largest absolute Gasteiger partial charge is 0.312 e. The van der Waals surface area contributed by atoms with Gasteiger partial charge in [-0.3, -0.25) is 25.2 Å². The Morgan fingerprint density at radius 1 is 1.11 bits per heavy atom. The third-order valence-electron chi connectivity index (χ3n) is 4.74. The van der Waals surface area contributed by atoms with Crippen molar-refractivity contribution in [3.05, 3.63) is 65.2 Å². The lowest BCUT2D eigenvalue weighted by molar-refractivity contribution is -0.126. The Hall–Kier alpha value is -3.15. The van der Waals surface area contributed by atoms with Crippen LogP contribution in [-0.4, -0.2) is 24.3 Å². The summed E-state index contributed by atoms with van der Waals surface area (Å²) in [6.07, 6.45) is 1.01. The van der Waals surface area contributed by atoms with Crippen LogP contribution in [0.25, 0.3) is 0 Å². The molecular formula is C21H23N3O3. The Bertz CT molecular complexity index is 861. The Kier molecular flexibility index (Phi) is 5.54. The summed E-state index contributed by atoms with van der Waals surface area (Å²) in [6.45, 7) is 4.29. The van der Waals surface area contributed by atoms with Crippen LogP contribution >= 0.6 is 0 Å². The van der Waals surface area contributed by atoms with Crippen molar-refractivity contribution < 1.29 is 14.4 Å². The number of nitrogens with zero attached hydrogens (tertiary/aromatic N) is 1. The zero-order valence-corrected chi connectivity index (χ0v) is 15.5. The summed E-state index contributed by atoms with van der Waals surface area (Å²) in [5, 5.41) is 0. The number of rotatable bonds is 4. The lowest BCUT2D eigenvalue weighted by atomic mass is 10.1. The van der Waals surface area contributed by atoms with Crippen LogP contribution < -0.4 is 15.8 Å². The average Bonchev–Trinajstić information content (AvgIpc) is 3.08. The molecule has 6 heteroatoms. The number of hydrazine groups is 1. The fourth-order valence-corrected chi connectivity index (χ4v) is 3.07. The minimum atomic E-state index is -0.499. The summed E-state index contributed by atoms with van der Waals surface area (Å²) in [7, 11) is 0. The maximum Gasteiger partial charge on any atom is 0.269 e. The van der Waals surface area contributed by atoms with E-state index in [1.165, 1.54) is 0 Å². The Labute approximate surface area is 158 Å². The molecule has 0 radical (unpaired) electrons. The maximum atomic E-state index is 12.4. The van der Waals surface area contributed by atoms with E-state index in [-0.39, 0.29) is 24.1 Å². The highest BCUT2D eigenvalue weighted by Crippen LogP contribution is 2.26. The molecule has 3 rings (SSSR count). The predicted molar refractivity (Wildman–Crippen MR) is 103 cm³/mol. The molecule has 27 heavy (non-hydrogen) atoms. The van der Waals surface area contributed by atoms with Crippen LogP contribution in [0.3, 0.4) is 0 Å². The van der Waals surface area contributed by atoms with Gasteiger partial charge in [0.05, 0.1) is 5.92 Å². The van der Waals surface area contributed by atoms with Gasteiger partial charge in [-0.15, -0.1) is 0 Å². The summed E-state index contributed by atoms with van der Waals surface area (Å²) in [4.78, 5) is 38.4. The first kappa shape index (κ1) is 18.6. The number of carbonyl (C=O) groups is 3. The summed E-state index contributed by atoms with van der Waals surface area (Å²) in [5.74, 6) is -1.34. The number of hydrogen-bond acceptors (Lipinski definition) is 3. The quantitative estimate of drug-likeness (QED) is 0.817. The fraction of sp³-hybridized carbons (Fsp3) is 0.286. The smallest absolute Gasteiger partial charge is 0.269 e. The first-order chi connectivity index (χ1) is 13.0. The first-order valence-electron chi connectivity index (χ1n) is 9.04. The van der Waals surface area contributed by atoms with Gasteiger partial charge in [0.1, 0.15) is 0 Å². The van der Waals surface area contributed by atoms with Crippen LogP contribution in [-0.2, 0) is 16.0 Å². The molecule has 6 nitrogen and oxygen atoms in total. The molecule has 2 aromatic rings. The molecule has 3 amide bonds. The van der Waals surface area contributed by atoms with Crippen LogP contribution in [0.5, 0.6) is 0 Å². The number of aryl methyl sites for hydroxylation is 2. The van der Waals surface area contributed by atoms with Crippen molar-refractivity contribution in [3.63, 3.8) is 0 Å². The summed E-state index contributed by atoms with van der Waals surface area (Å²) >= 11 is 0. The van der Waals surface area contributed by atoms with E-state index in [9.17, 15) is 14.4 Å². The third-order valence-corrected chi connectivity index (χ3v) is 4.74. The third kappa shape index (κ3) is 4.34. The van der Waals surface area contributed by atoms with Gasteiger partial charge in [0, 0.05) is 24.2 Å². The number of hydrogen-bond donors (Lipinski definition) is 2. The standard InChI is InChI=1S/C21H23N3O3/c1-3-15-5-4-6-18(11-15)24-13-17(12-19(24)25)21(27)23-22-20(26)16-9-7-14(2)8-10-16/h4-11,17H,3,12-13H2,1-2H3,(H,22,26)(H,23,27)/t17-/m1/s1. The Morgan fingerprint density at radius 2 is 1.85 bits per heavy atom. The zero-order valence-electron chi connectivity index (χ0n) is 15.5. The van der Waals surface area contributed by atoms with Gasteiger partial charge in [0.25, 0.3) is 5.91 Å².